The maximum Gasteiger partial charge on any atom is 0.0726 e. The van der Waals surface area contributed by atoms with Crippen molar-refractivity contribution >= 4 is 16.6 Å². The highest BCUT2D eigenvalue weighted by molar-refractivity contribution is 5.92. The zero-order valence-corrected chi connectivity index (χ0v) is 11.9. The summed E-state index contributed by atoms with van der Waals surface area (Å²) in [6.45, 7) is 2.27. The van der Waals surface area contributed by atoms with E-state index in [-0.39, 0.29) is 0 Å². The molecule has 0 spiro atoms. The van der Waals surface area contributed by atoms with E-state index in [4.69, 9.17) is 10.7 Å². The third-order valence-corrected chi connectivity index (χ3v) is 4.84. The Morgan fingerprint density at radius 2 is 2.00 bits per heavy atom. The first-order chi connectivity index (χ1) is 9.70. The fourth-order valence-electron chi connectivity index (χ4n) is 4.07. The maximum absolute atomic E-state index is 6.47. The van der Waals surface area contributed by atoms with Crippen LogP contribution in [-0.2, 0) is 12.8 Å². The molecular formula is C18H20N2. The molecule has 2 N–H and O–H groups in total. The average molecular weight is 264 g/mol. The largest absolute Gasteiger partial charge is 0.398 e. The SMILES string of the molecule is CC1=C[C@H]2Cc3nc4ccccc4c(N)c3C[C@@H](C1)C2. The van der Waals surface area contributed by atoms with E-state index >= 15 is 0 Å². The van der Waals surface area contributed by atoms with Crippen LogP contribution in [0.25, 0.3) is 10.9 Å². The second-order valence-electron chi connectivity index (χ2n) is 6.46. The van der Waals surface area contributed by atoms with Gasteiger partial charge in [-0.3, -0.25) is 4.98 Å². The Kier molecular flexibility index (Phi) is 2.59. The summed E-state index contributed by atoms with van der Waals surface area (Å²) in [6.07, 6.45) is 7.13. The topological polar surface area (TPSA) is 38.9 Å². The van der Waals surface area contributed by atoms with Gasteiger partial charge in [-0.2, -0.15) is 0 Å². The second-order valence-corrected chi connectivity index (χ2v) is 6.46. The first kappa shape index (κ1) is 12.0. The zero-order chi connectivity index (χ0) is 13.7. The molecule has 0 radical (unpaired) electrons. The first-order valence-corrected chi connectivity index (χ1v) is 7.54. The third kappa shape index (κ3) is 1.82. The van der Waals surface area contributed by atoms with Crippen molar-refractivity contribution in [3.05, 3.63) is 47.2 Å². The Hall–Kier alpha value is -1.83. The molecule has 1 aromatic heterocycles. The number of nitrogens with two attached hydrogens (primary N) is 1. The molecule has 2 aliphatic carbocycles. The van der Waals surface area contributed by atoms with Crippen LogP contribution in [0.3, 0.4) is 0 Å². The molecule has 2 nitrogen and oxygen atoms in total. The molecule has 4 rings (SSSR count). The molecule has 0 aliphatic heterocycles. The molecule has 2 aromatic rings. The number of benzene rings is 1. The molecule has 0 fully saturated rings. The van der Waals surface area contributed by atoms with Gasteiger partial charge in [0.2, 0.25) is 0 Å². The lowest BCUT2D eigenvalue weighted by Gasteiger charge is -2.24. The molecule has 20 heavy (non-hydrogen) atoms. The quantitative estimate of drug-likeness (QED) is 0.733. The van der Waals surface area contributed by atoms with Gasteiger partial charge in [0.15, 0.2) is 0 Å². The van der Waals surface area contributed by atoms with Crippen molar-refractivity contribution in [1.82, 2.24) is 4.98 Å². The van der Waals surface area contributed by atoms with Crippen LogP contribution in [0.1, 0.15) is 31.0 Å². The summed E-state index contributed by atoms with van der Waals surface area (Å²) in [6, 6.07) is 8.26. The number of anilines is 1. The number of para-hydroxylation sites is 1. The van der Waals surface area contributed by atoms with Crippen molar-refractivity contribution in [3.8, 4) is 0 Å². The molecular weight excluding hydrogens is 244 g/mol. The molecule has 0 saturated carbocycles. The number of fused-ring (bicyclic) bond motifs is 4. The lowest BCUT2D eigenvalue weighted by atomic mass is 9.81. The zero-order valence-electron chi connectivity index (χ0n) is 11.9. The van der Waals surface area contributed by atoms with E-state index in [9.17, 15) is 0 Å². The highest BCUT2D eigenvalue weighted by Gasteiger charge is 2.28. The monoisotopic (exact) mass is 264 g/mol. The van der Waals surface area contributed by atoms with Crippen LogP contribution in [0.5, 0.6) is 0 Å². The molecule has 0 unspecified atom stereocenters. The van der Waals surface area contributed by atoms with E-state index < -0.39 is 0 Å². The lowest BCUT2D eigenvalue weighted by molar-refractivity contribution is 0.399. The molecule has 102 valence electrons. The van der Waals surface area contributed by atoms with Gasteiger partial charge in [-0.25, -0.2) is 0 Å². The third-order valence-electron chi connectivity index (χ3n) is 4.84. The van der Waals surface area contributed by atoms with Crippen molar-refractivity contribution in [2.75, 3.05) is 5.73 Å². The fraction of sp³-hybridized carbons (Fsp3) is 0.389. The lowest BCUT2D eigenvalue weighted by Crippen LogP contribution is -2.14. The van der Waals surface area contributed by atoms with Crippen molar-refractivity contribution in [1.29, 1.82) is 0 Å². The van der Waals surface area contributed by atoms with Crippen LogP contribution >= 0.6 is 0 Å². The molecule has 1 heterocycles. The summed E-state index contributed by atoms with van der Waals surface area (Å²) in [5.41, 5.74) is 12.6. The van der Waals surface area contributed by atoms with Crippen molar-refractivity contribution in [2.24, 2.45) is 11.8 Å². The predicted molar refractivity (Wildman–Crippen MR) is 83.5 cm³/mol. The number of allylic oxidation sites excluding steroid dienone is 2. The van der Waals surface area contributed by atoms with Crippen molar-refractivity contribution in [3.63, 3.8) is 0 Å². The van der Waals surface area contributed by atoms with E-state index in [0.29, 0.717) is 5.92 Å². The molecule has 2 heteroatoms. The minimum absolute atomic E-state index is 0.656. The first-order valence-electron chi connectivity index (χ1n) is 7.54. The summed E-state index contributed by atoms with van der Waals surface area (Å²) in [5.74, 6) is 1.40. The van der Waals surface area contributed by atoms with Crippen molar-refractivity contribution in [2.45, 2.75) is 32.6 Å². The molecule has 1 aromatic carbocycles. The minimum atomic E-state index is 0.656. The number of nitrogen functional groups attached to an aromatic ring is 1. The standard InChI is InChI=1S/C18H20N2/c1-11-6-12-8-13(7-11)10-17-15(9-12)18(19)14-4-2-3-5-16(14)20-17/h2-5,7,12-13H,6,8-10H2,1H3,(H2,19,20)/t12-,13+/m0/s1. The molecule has 0 amide bonds. The van der Waals surface area contributed by atoms with E-state index in [2.05, 4.69) is 25.1 Å². The fourth-order valence-corrected chi connectivity index (χ4v) is 4.07. The Morgan fingerprint density at radius 1 is 1.15 bits per heavy atom. The van der Waals surface area contributed by atoms with Crippen LogP contribution in [0.15, 0.2) is 35.9 Å². The van der Waals surface area contributed by atoms with E-state index in [1.54, 1.807) is 5.57 Å². The second kappa shape index (κ2) is 4.34. The highest BCUT2D eigenvalue weighted by atomic mass is 14.7. The Bertz CT molecular complexity index is 715. The van der Waals surface area contributed by atoms with Crippen LogP contribution in [0.2, 0.25) is 0 Å². The van der Waals surface area contributed by atoms with Gasteiger partial charge in [0, 0.05) is 16.8 Å². The van der Waals surface area contributed by atoms with Crippen LogP contribution in [0, 0.1) is 11.8 Å². The van der Waals surface area contributed by atoms with Gasteiger partial charge in [-0.15, -0.1) is 0 Å². The summed E-state index contributed by atoms with van der Waals surface area (Å²) in [7, 11) is 0. The van der Waals surface area contributed by atoms with E-state index in [1.165, 1.54) is 24.1 Å². The van der Waals surface area contributed by atoms with Crippen LogP contribution < -0.4 is 5.73 Å². The predicted octanol–water partition coefficient (Wildman–Crippen LogP) is 3.89. The van der Waals surface area contributed by atoms with E-state index in [1.807, 2.05) is 12.1 Å². The number of nitrogens with zero attached hydrogens (tertiary/aromatic N) is 1. The molecule has 2 aliphatic rings. The summed E-state index contributed by atoms with van der Waals surface area (Å²) in [5, 5.41) is 1.12. The molecule has 2 bridgehead atoms. The number of rotatable bonds is 0. The van der Waals surface area contributed by atoms with Gasteiger partial charge in [0.05, 0.1) is 5.52 Å². The maximum atomic E-state index is 6.47. The highest BCUT2D eigenvalue weighted by Crippen LogP contribution is 2.39. The summed E-state index contributed by atoms with van der Waals surface area (Å²) < 4.78 is 0. The number of pyridine rings is 1. The average Bonchev–Trinajstić information content (AvgIpc) is 2.54. The van der Waals surface area contributed by atoms with E-state index in [0.717, 1.165) is 35.3 Å². The van der Waals surface area contributed by atoms with Gasteiger partial charge in [-0.05, 0) is 56.1 Å². The smallest absolute Gasteiger partial charge is 0.0726 e. The number of aromatic nitrogens is 1. The van der Waals surface area contributed by atoms with Gasteiger partial charge in [0.1, 0.15) is 0 Å². The van der Waals surface area contributed by atoms with Gasteiger partial charge < -0.3 is 5.73 Å². The van der Waals surface area contributed by atoms with Gasteiger partial charge >= 0.3 is 0 Å². The Balaban J connectivity index is 1.91. The minimum Gasteiger partial charge on any atom is -0.398 e. The van der Waals surface area contributed by atoms with Gasteiger partial charge in [0.25, 0.3) is 0 Å². The summed E-state index contributed by atoms with van der Waals surface area (Å²) >= 11 is 0. The van der Waals surface area contributed by atoms with Crippen molar-refractivity contribution < 1.29 is 0 Å². The number of hydrogen-bond acceptors (Lipinski definition) is 2. The Morgan fingerprint density at radius 3 is 2.90 bits per heavy atom. The van der Waals surface area contributed by atoms with Crippen LogP contribution in [0.4, 0.5) is 5.69 Å². The molecule has 0 saturated heterocycles. The molecule has 2 atom stereocenters. The Labute approximate surface area is 119 Å². The normalized spacial score (nSPS) is 24.9. The summed E-state index contributed by atoms with van der Waals surface area (Å²) in [4.78, 5) is 4.91. The van der Waals surface area contributed by atoms with Crippen LogP contribution in [-0.4, -0.2) is 4.98 Å². The van der Waals surface area contributed by atoms with Gasteiger partial charge in [-0.1, -0.05) is 29.8 Å². The number of hydrogen-bond donors (Lipinski definition) is 1.